The van der Waals surface area contributed by atoms with E-state index in [4.69, 9.17) is 14.9 Å². The number of carbonyl (C=O) groups excluding carboxylic acids is 1. The summed E-state index contributed by atoms with van der Waals surface area (Å²) in [5.74, 6) is -2.46. The highest BCUT2D eigenvalue weighted by molar-refractivity contribution is 5.84. The molecule has 0 saturated heterocycles. The van der Waals surface area contributed by atoms with Crippen LogP contribution in [0.3, 0.4) is 0 Å². The maximum atomic E-state index is 11.6. The van der Waals surface area contributed by atoms with Gasteiger partial charge in [0.2, 0.25) is 0 Å². The second-order valence-corrected chi connectivity index (χ2v) is 4.72. The van der Waals surface area contributed by atoms with Crippen LogP contribution in [0.1, 0.15) is 25.3 Å². The summed E-state index contributed by atoms with van der Waals surface area (Å²) in [5.41, 5.74) is -0.929. The first-order valence-corrected chi connectivity index (χ1v) is 6.27. The van der Waals surface area contributed by atoms with E-state index in [1.807, 2.05) is 6.07 Å². The van der Waals surface area contributed by atoms with Crippen molar-refractivity contribution in [1.29, 1.82) is 0 Å². The molecule has 0 aliphatic rings. The summed E-state index contributed by atoms with van der Waals surface area (Å²) in [7, 11) is 0. The Labute approximate surface area is 121 Å². The zero-order chi connectivity index (χ0) is 15.9. The molecule has 0 unspecified atom stereocenters. The number of alkyl carbamates (subject to hydrolysis) is 1. The van der Waals surface area contributed by atoms with E-state index in [0.29, 0.717) is 0 Å². The van der Waals surface area contributed by atoms with Crippen LogP contribution in [-0.2, 0) is 20.9 Å². The van der Waals surface area contributed by atoms with Crippen molar-refractivity contribution in [3.63, 3.8) is 0 Å². The fraction of sp³-hybridized carbons (Fsp3) is 0.357. The van der Waals surface area contributed by atoms with E-state index in [0.717, 1.165) is 5.56 Å². The molecule has 0 aliphatic carbocycles. The second-order valence-electron chi connectivity index (χ2n) is 4.72. The minimum atomic E-state index is -1.69. The average molecular weight is 295 g/mol. The van der Waals surface area contributed by atoms with Gasteiger partial charge in [0.15, 0.2) is 0 Å². The van der Waals surface area contributed by atoms with Crippen LogP contribution < -0.4 is 5.32 Å². The zero-order valence-corrected chi connectivity index (χ0v) is 11.5. The lowest BCUT2D eigenvalue weighted by molar-refractivity contribution is -0.145. The fourth-order valence-corrected chi connectivity index (χ4v) is 1.56. The van der Waals surface area contributed by atoms with Crippen LogP contribution >= 0.6 is 0 Å². The molecular formula is C14H17NO6. The molecule has 1 aromatic rings. The van der Waals surface area contributed by atoms with E-state index in [1.165, 1.54) is 6.92 Å². The monoisotopic (exact) mass is 295 g/mol. The Morgan fingerprint density at radius 1 is 1.19 bits per heavy atom. The van der Waals surface area contributed by atoms with Crippen molar-refractivity contribution in [1.82, 2.24) is 5.32 Å². The Morgan fingerprint density at radius 3 is 2.33 bits per heavy atom. The highest BCUT2D eigenvalue weighted by Gasteiger charge is 2.35. The molecule has 0 fully saturated rings. The summed E-state index contributed by atoms with van der Waals surface area (Å²) in [6.07, 6.45) is -1.52. The standard InChI is InChI=1S/C14H17NO6/c1-14(12(18)19,8-7-11(16)17)15-13(20)21-9-10-5-3-2-4-6-10/h2-6H,7-9H2,1H3,(H,15,20)(H,16,17)(H,18,19)/t14-/m0/s1. The molecule has 0 aromatic heterocycles. The van der Waals surface area contributed by atoms with Crippen molar-refractivity contribution in [2.24, 2.45) is 0 Å². The Hall–Kier alpha value is -2.57. The van der Waals surface area contributed by atoms with Crippen LogP contribution in [0.25, 0.3) is 0 Å². The number of rotatable bonds is 7. The molecule has 7 heteroatoms. The van der Waals surface area contributed by atoms with Crippen LogP contribution in [0.2, 0.25) is 0 Å². The molecule has 1 atom stereocenters. The smallest absolute Gasteiger partial charge is 0.408 e. The van der Waals surface area contributed by atoms with E-state index < -0.39 is 23.6 Å². The van der Waals surface area contributed by atoms with E-state index >= 15 is 0 Å². The Morgan fingerprint density at radius 2 is 1.81 bits per heavy atom. The molecule has 0 radical (unpaired) electrons. The largest absolute Gasteiger partial charge is 0.481 e. The van der Waals surface area contributed by atoms with E-state index in [2.05, 4.69) is 5.32 Å². The van der Waals surface area contributed by atoms with Crippen LogP contribution in [0.15, 0.2) is 30.3 Å². The summed E-state index contributed by atoms with van der Waals surface area (Å²) < 4.78 is 4.92. The number of ether oxygens (including phenoxy) is 1. The number of hydrogen-bond acceptors (Lipinski definition) is 4. The molecular weight excluding hydrogens is 278 g/mol. The van der Waals surface area contributed by atoms with Gasteiger partial charge in [-0.05, 0) is 18.9 Å². The first-order chi connectivity index (χ1) is 9.83. The second kappa shape index (κ2) is 7.28. The minimum Gasteiger partial charge on any atom is -0.481 e. The van der Waals surface area contributed by atoms with Gasteiger partial charge in [-0.3, -0.25) is 4.79 Å². The Kier molecular flexibility index (Phi) is 5.71. The number of benzene rings is 1. The summed E-state index contributed by atoms with van der Waals surface area (Å²) >= 11 is 0. The molecule has 0 heterocycles. The maximum Gasteiger partial charge on any atom is 0.408 e. The molecule has 0 aliphatic heterocycles. The number of nitrogens with one attached hydrogen (secondary N) is 1. The van der Waals surface area contributed by atoms with E-state index in [9.17, 15) is 14.4 Å². The van der Waals surface area contributed by atoms with Gasteiger partial charge in [-0.1, -0.05) is 30.3 Å². The molecule has 21 heavy (non-hydrogen) atoms. The van der Waals surface area contributed by atoms with Crippen LogP contribution in [0, 0.1) is 0 Å². The van der Waals surface area contributed by atoms with Crippen molar-refractivity contribution in [3.8, 4) is 0 Å². The first kappa shape index (κ1) is 16.5. The zero-order valence-electron chi connectivity index (χ0n) is 11.5. The molecule has 7 nitrogen and oxygen atoms in total. The van der Waals surface area contributed by atoms with Crippen molar-refractivity contribution in [2.75, 3.05) is 0 Å². The molecule has 1 amide bonds. The van der Waals surface area contributed by atoms with Crippen LogP contribution in [-0.4, -0.2) is 33.8 Å². The van der Waals surface area contributed by atoms with Gasteiger partial charge in [-0.2, -0.15) is 0 Å². The number of carbonyl (C=O) groups is 3. The Bertz CT molecular complexity index is 515. The number of carboxylic acid groups (broad SMARTS) is 2. The van der Waals surface area contributed by atoms with Gasteiger partial charge < -0.3 is 20.3 Å². The molecule has 0 saturated carbocycles. The van der Waals surface area contributed by atoms with E-state index in [-0.39, 0.29) is 19.4 Å². The van der Waals surface area contributed by atoms with Crippen molar-refractivity contribution >= 4 is 18.0 Å². The molecule has 0 bridgehead atoms. The highest BCUT2D eigenvalue weighted by Crippen LogP contribution is 2.13. The van der Waals surface area contributed by atoms with Crippen LogP contribution in [0.4, 0.5) is 4.79 Å². The summed E-state index contributed by atoms with van der Waals surface area (Å²) in [6, 6.07) is 8.90. The first-order valence-electron chi connectivity index (χ1n) is 6.27. The SMILES string of the molecule is C[C@@](CCC(=O)O)(NC(=O)OCc1ccccc1)C(=O)O. The molecule has 1 aromatic carbocycles. The van der Waals surface area contributed by atoms with Gasteiger partial charge in [0.1, 0.15) is 12.1 Å². The van der Waals surface area contributed by atoms with Crippen LogP contribution in [0.5, 0.6) is 0 Å². The normalized spacial score (nSPS) is 13.0. The lowest BCUT2D eigenvalue weighted by atomic mass is 9.96. The van der Waals surface area contributed by atoms with Gasteiger partial charge in [0.05, 0.1) is 0 Å². The van der Waals surface area contributed by atoms with Gasteiger partial charge >= 0.3 is 18.0 Å². The quantitative estimate of drug-likeness (QED) is 0.704. The molecule has 1 rings (SSSR count). The van der Waals surface area contributed by atoms with Gasteiger partial charge in [-0.25, -0.2) is 9.59 Å². The van der Waals surface area contributed by atoms with Crippen molar-refractivity contribution in [2.45, 2.75) is 31.9 Å². The molecule has 3 N–H and O–H groups in total. The van der Waals surface area contributed by atoms with Crippen molar-refractivity contribution < 1.29 is 29.3 Å². The lowest BCUT2D eigenvalue weighted by Crippen LogP contribution is -2.52. The Balaban J connectivity index is 2.56. The topological polar surface area (TPSA) is 113 Å². The van der Waals surface area contributed by atoms with Crippen molar-refractivity contribution in [3.05, 3.63) is 35.9 Å². The summed E-state index contributed by atoms with van der Waals surface area (Å²) in [4.78, 5) is 33.3. The van der Waals surface area contributed by atoms with E-state index in [1.54, 1.807) is 24.3 Å². The molecule has 0 spiro atoms. The third kappa shape index (κ3) is 5.52. The lowest BCUT2D eigenvalue weighted by Gasteiger charge is -2.25. The number of hydrogen-bond donors (Lipinski definition) is 3. The third-order valence-corrected chi connectivity index (χ3v) is 2.90. The predicted octanol–water partition coefficient (Wildman–Crippen LogP) is 1.62. The van der Waals surface area contributed by atoms with Gasteiger partial charge in [0, 0.05) is 6.42 Å². The number of amides is 1. The molecule has 114 valence electrons. The average Bonchev–Trinajstić information content (AvgIpc) is 2.44. The number of aliphatic carboxylic acids is 2. The van der Waals surface area contributed by atoms with Gasteiger partial charge in [-0.15, -0.1) is 0 Å². The predicted molar refractivity (Wildman–Crippen MR) is 72.7 cm³/mol. The highest BCUT2D eigenvalue weighted by atomic mass is 16.5. The summed E-state index contributed by atoms with van der Waals surface area (Å²) in [6.45, 7) is 1.24. The minimum absolute atomic E-state index is 0.00129. The third-order valence-electron chi connectivity index (χ3n) is 2.90. The summed E-state index contributed by atoms with van der Waals surface area (Å²) in [5, 5.41) is 19.9. The van der Waals surface area contributed by atoms with Gasteiger partial charge in [0.25, 0.3) is 0 Å². The maximum absolute atomic E-state index is 11.6. The fourth-order valence-electron chi connectivity index (χ4n) is 1.56. The number of carboxylic acids is 2.